The minimum atomic E-state index is -2.92. The van der Waals surface area contributed by atoms with Crippen LogP contribution < -0.4 is 0 Å². The summed E-state index contributed by atoms with van der Waals surface area (Å²) in [7, 11) is 0. The lowest BCUT2D eigenvalue weighted by Gasteiger charge is -2.30. The SMILES string of the molecule is CCCCCCC(O)C/C=C\CCCCCCCC(=O)OC(O)(OC(=O)CCCCCCC/C=C\CC(O)CCCCCC)C(O)CO. The molecule has 0 fully saturated rings. The standard InChI is InChI=1S/C39H72O9/c1-3-5-7-21-27-34(41)29-23-17-13-9-11-15-19-25-31-37(44)47-39(46,36(43)33-40)48-38(45)32-26-20-16-12-10-14-18-24-30-35(42)28-22-8-6-4-2/h17-18,23-24,34-36,40-43,46H,3-16,19-22,25-33H2,1-2H3/b23-17-,24-18-. The van der Waals surface area contributed by atoms with E-state index in [2.05, 4.69) is 38.2 Å². The Morgan fingerprint density at radius 2 is 0.938 bits per heavy atom. The zero-order chi connectivity index (χ0) is 35.7. The average molecular weight is 685 g/mol. The van der Waals surface area contributed by atoms with Crippen LogP contribution in [0, 0.1) is 0 Å². The summed E-state index contributed by atoms with van der Waals surface area (Å²) in [6.45, 7) is 3.41. The number of esters is 2. The number of carbonyl (C=O) groups excluding carboxylic acids is 2. The number of ether oxygens (including phenoxy) is 2. The summed E-state index contributed by atoms with van der Waals surface area (Å²) in [5, 5.41) is 49.9. The van der Waals surface area contributed by atoms with Crippen LogP contribution in [0.15, 0.2) is 24.3 Å². The molecule has 0 rings (SSSR count). The van der Waals surface area contributed by atoms with E-state index in [1.165, 1.54) is 38.5 Å². The van der Waals surface area contributed by atoms with Crippen molar-refractivity contribution in [3.05, 3.63) is 24.3 Å². The van der Waals surface area contributed by atoms with Crippen LogP contribution in [0.4, 0.5) is 0 Å². The molecular weight excluding hydrogens is 612 g/mol. The first-order valence-electron chi connectivity index (χ1n) is 19.3. The van der Waals surface area contributed by atoms with Gasteiger partial charge in [-0.3, -0.25) is 9.59 Å². The second-order valence-electron chi connectivity index (χ2n) is 13.3. The van der Waals surface area contributed by atoms with Gasteiger partial charge in [-0.2, -0.15) is 0 Å². The molecule has 0 saturated heterocycles. The van der Waals surface area contributed by atoms with E-state index < -0.39 is 30.6 Å². The molecule has 3 atom stereocenters. The Bertz CT molecular complexity index is 755. The smallest absolute Gasteiger partial charge is 0.396 e. The lowest BCUT2D eigenvalue weighted by Crippen LogP contribution is -2.51. The molecule has 0 bridgehead atoms. The van der Waals surface area contributed by atoms with Crippen LogP contribution >= 0.6 is 0 Å². The number of allylic oxidation sites excluding steroid dienone is 2. The molecule has 0 spiro atoms. The van der Waals surface area contributed by atoms with Gasteiger partial charge >= 0.3 is 17.9 Å². The number of hydrogen-bond acceptors (Lipinski definition) is 9. The average Bonchev–Trinajstić information content (AvgIpc) is 3.06. The molecule has 0 aromatic heterocycles. The minimum absolute atomic E-state index is 0.0110. The molecule has 0 amide bonds. The molecular formula is C39H72O9. The van der Waals surface area contributed by atoms with Crippen molar-refractivity contribution >= 4 is 11.9 Å². The zero-order valence-electron chi connectivity index (χ0n) is 30.5. The molecule has 0 aromatic rings. The van der Waals surface area contributed by atoms with E-state index in [0.29, 0.717) is 25.7 Å². The van der Waals surface area contributed by atoms with Crippen LogP contribution in [-0.4, -0.2) is 68.4 Å². The number of aliphatic hydroxyl groups is 5. The summed E-state index contributed by atoms with van der Waals surface area (Å²) < 4.78 is 9.87. The normalized spacial score (nSPS) is 15.1. The summed E-state index contributed by atoms with van der Waals surface area (Å²) in [5.41, 5.74) is 0. The van der Waals surface area contributed by atoms with Crippen molar-refractivity contribution in [1.29, 1.82) is 0 Å². The van der Waals surface area contributed by atoms with Gasteiger partial charge in [-0.25, -0.2) is 0 Å². The molecule has 48 heavy (non-hydrogen) atoms. The first kappa shape index (κ1) is 46.2. The Kier molecular flexibility index (Phi) is 31.2. The molecule has 5 N–H and O–H groups in total. The summed E-state index contributed by atoms with van der Waals surface area (Å²) in [6.07, 6.45) is 28.8. The lowest BCUT2D eigenvalue weighted by atomic mass is 10.1. The topological polar surface area (TPSA) is 154 Å². The van der Waals surface area contributed by atoms with E-state index in [1.54, 1.807) is 0 Å². The number of rotatable bonds is 34. The van der Waals surface area contributed by atoms with Gasteiger partial charge in [-0.15, -0.1) is 0 Å². The largest absolute Gasteiger partial charge is 0.403 e. The number of unbranched alkanes of at least 4 members (excludes halogenated alkanes) is 16. The molecule has 3 unspecified atom stereocenters. The van der Waals surface area contributed by atoms with Crippen molar-refractivity contribution in [1.82, 2.24) is 0 Å². The Labute approximate surface area is 292 Å². The fourth-order valence-electron chi connectivity index (χ4n) is 5.42. The van der Waals surface area contributed by atoms with E-state index in [4.69, 9.17) is 9.47 Å². The van der Waals surface area contributed by atoms with Gasteiger partial charge in [0.15, 0.2) is 6.10 Å². The molecule has 0 radical (unpaired) electrons. The first-order chi connectivity index (χ1) is 23.2. The Balaban J connectivity index is 4.05. The van der Waals surface area contributed by atoms with E-state index in [-0.39, 0.29) is 25.0 Å². The summed E-state index contributed by atoms with van der Waals surface area (Å²) in [5.74, 6) is -4.55. The summed E-state index contributed by atoms with van der Waals surface area (Å²) in [4.78, 5) is 24.7. The molecule has 9 heteroatoms. The van der Waals surface area contributed by atoms with E-state index in [0.717, 1.165) is 89.9 Å². The maximum absolute atomic E-state index is 12.3. The highest BCUT2D eigenvalue weighted by Gasteiger charge is 2.44. The van der Waals surface area contributed by atoms with Gasteiger partial charge in [0.05, 0.1) is 18.8 Å². The maximum Gasteiger partial charge on any atom is 0.403 e. The van der Waals surface area contributed by atoms with Gasteiger partial charge in [0, 0.05) is 12.8 Å². The second-order valence-corrected chi connectivity index (χ2v) is 13.3. The quantitative estimate of drug-likeness (QED) is 0.0196. The summed E-state index contributed by atoms with van der Waals surface area (Å²) in [6, 6.07) is 0. The highest BCUT2D eigenvalue weighted by Crippen LogP contribution is 2.20. The van der Waals surface area contributed by atoms with Gasteiger partial charge in [-0.05, 0) is 64.2 Å². The number of carbonyl (C=O) groups is 2. The van der Waals surface area contributed by atoms with Crippen molar-refractivity contribution in [2.45, 2.75) is 205 Å². The van der Waals surface area contributed by atoms with E-state index in [1.807, 2.05) is 0 Å². The molecule has 0 heterocycles. The van der Waals surface area contributed by atoms with Crippen LogP contribution in [0.2, 0.25) is 0 Å². The van der Waals surface area contributed by atoms with Crippen LogP contribution in [0.1, 0.15) is 181 Å². The van der Waals surface area contributed by atoms with Crippen LogP contribution in [0.25, 0.3) is 0 Å². The second kappa shape index (κ2) is 32.4. The third-order valence-electron chi connectivity index (χ3n) is 8.55. The molecule has 0 aliphatic carbocycles. The van der Waals surface area contributed by atoms with Crippen molar-refractivity contribution in [2.24, 2.45) is 0 Å². The van der Waals surface area contributed by atoms with Crippen molar-refractivity contribution < 1.29 is 44.6 Å². The Morgan fingerprint density at radius 3 is 1.33 bits per heavy atom. The fraction of sp³-hybridized carbons (Fsp3) is 0.846. The maximum atomic E-state index is 12.3. The Hall–Kier alpha value is -1.78. The van der Waals surface area contributed by atoms with Gasteiger partial charge in [0.2, 0.25) is 0 Å². The van der Waals surface area contributed by atoms with E-state index in [9.17, 15) is 35.1 Å². The van der Waals surface area contributed by atoms with Crippen LogP contribution in [0.5, 0.6) is 0 Å². The molecule has 0 aromatic carbocycles. The molecule has 282 valence electrons. The molecule has 0 aliphatic heterocycles. The predicted molar refractivity (Wildman–Crippen MR) is 192 cm³/mol. The van der Waals surface area contributed by atoms with Gasteiger partial charge in [0.1, 0.15) is 0 Å². The highest BCUT2D eigenvalue weighted by atomic mass is 16.8. The van der Waals surface area contributed by atoms with Gasteiger partial charge < -0.3 is 35.0 Å². The van der Waals surface area contributed by atoms with Gasteiger partial charge in [0.25, 0.3) is 0 Å². The van der Waals surface area contributed by atoms with Gasteiger partial charge in [-0.1, -0.05) is 128 Å². The van der Waals surface area contributed by atoms with Crippen LogP contribution in [0.3, 0.4) is 0 Å². The monoisotopic (exact) mass is 685 g/mol. The van der Waals surface area contributed by atoms with Crippen molar-refractivity contribution in [3.63, 3.8) is 0 Å². The number of hydrogen-bond donors (Lipinski definition) is 5. The van der Waals surface area contributed by atoms with Crippen molar-refractivity contribution in [3.8, 4) is 0 Å². The molecule has 9 nitrogen and oxygen atoms in total. The third-order valence-corrected chi connectivity index (χ3v) is 8.55. The predicted octanol–water partition coefficient (Wildman–Crippen LogP) is 8.09. The lowest BCUT2D eigenvalue weighted by molar-refractivity contribution is -0.364. The zero-order valence-corrected chi connectivity index (χ0v) is 30.5. The Morgan fingerprint density at radius 1 is 0.562 bits per heavy atom. The summed E-state index contributed by atoms with van der Waals surface area (Å²) >= 11 is 0. The number of aliphatic hydroxyl groups excluding tert-OH is 4. The molecule has 0 aliphatic rings. The fourth-order valence-corrected chi connectivity index (χ4v) is 5.42. The first-order valence-corrected chi connectivity index (χ1v) is 19.3. The third kappa shape index (κ3) is 28.1. The van der Waals surface area contributed by atoms with Crippen LogP contribution in [-0.2, 0) is 19.1 Å². The minimum Gasteiger partial charge on any atom is -0.396 e. The molecule has 0 saturated carbocycles. The van der Waals surface area contributed by atoms with E-state index >= 15 is 0 Å². The highest BCUT2D eigenvalue weighted by molar-refractivity contribution is 5.71. The van der Waals surface area contributed by atoms with Crippen molar-refractivity contribution in [2.75, 3.05) is 6.61 Å².